The summed E-state index contributed by atoms with van der Waals surface area (Å²) in [6, 6.07) is 17.5. The van der Waals surface area contributed by atoms with Crippen LogP contribution < -0.4 is 4.90 Å². The zero-order valence-electron chi connectivity index (χ0n) is 16.7. The summed E-state index contributed by atoms with van der Waals surface area (Å²) in [5, 5.41) is 15.5. The number of rotatable bonds is 4. The second-order valence-corrected chi connectivity index (χ2v) is 8.82. The third-order valence-electron chi connectivity index (χ3n) is 5.89. The summed E-state index contributed by atoms with van der Waals surface area (Å²) >= 11 is 1.56. The minimum atomic E-state index is 0.0579. The Hall–Kier alpha value is -2.70. The van der Waals surface area contributed by atoms with Crippen molar-refractivity contribution < 1.29 is 10.0 Å². The van der Waals surface area contributed by atoms with Gasteiger partial charge in [0.2, 0.25) is 10.8 Å². The van der Waals surface area contributed by atoms with Crippen LogP contribution in [0.1, 0.15) is 45.9 Å². The standard InChI is InChI=1S/C23H24N4OS/c1-3-19-24-23-27(25-19)22(28)21(29-23)20(17-10-8-15(2)9-11-17)26-13-12-16-6-4-5-7-18(16)14-26/h4-11,20,28H,3,12-14H2,1-2H3/p+1/t20-/m1/s1. The van der Waals surface area contributed by atoms with Crippen LogP contribution in [0, 0.1) is 6.92 Å². The molecule has 0 aliphatic carbocycles. The summed E-state index contributed by atoms with van der Waals surface area (Å²) in [5.74, 6) is 0.998. The number of quaternary nitrogens is 1. The highest BCUT2D eigenvalue weighted by Gasteiger charge is 2.34. The number of thiazole rings is 1. The first kappa shape index (κ1) is 18.3. The highest BCUT2D eigenvalue weighted by atomic mass is 32.1. The zero-order chi connectivity index (χ0) is 20.0. The molecule has 148 valence electrons. The third kappa shape index (κ3) is 3.22. The number of nitrogens with one attached hydrogen (secondary N) is 1. The van der Waals surface area contributed by atoms with E-state index in [4.69, 9.17) is 0 Å². The van der Waals surface area contributed by atoms with Crippen LogP contribution in [0.2, 0.25) is 0 Å². The minimum absolute atomic E-state index is 0.0579. The number of hydrogen-bond donors (Lipinski definition) is 2. The van der Waals surface area contributed by atoms with Gasteiger partial charge in [-0.1, -0.05) is 72.4 Å². The van der Waals surface area contributed by atoms with E-state index in [1.807, 2.05) is 6.92 Å². The molecule has 4 aromatic rings. The number of aromatic nitrogens is 3. The monoisotopic (exact) mass is 405 g/mol. The molecule has 29 heavy (non-hydrogen) atoms. The van der Waals surface area contributed by atoms with Crippen molar-refractivity contribution >= 4 is 16.3 Å². The molecule has 0 bridgehead atoms. The van der Waals surface area contributed by atoms with Crippen molar-refractivity contribution in [2.24, 2.45) is 0 Å². The number of nitrogens with zero attached hydrogens (tertiary/aromatic N) is 3. The average molecular weight is 406 g/mol. The van der Waals surface area contributed by atoms with E-state index in [1.165, 1.54) is 27.2 Å². The summed E-state index contributed by atoms with van der Waals surface area (Å²) in [6.07, 6.45) is 1.81. The van der Waals surface area contributed by atoms with E-state index in [0.717, 1.165) is 41.6 Å². The average Bonchev–Trinajstić information content (AvgIpc) is 3.29. The first-order valence-corrected chi connectivity index (χ1v) is 11.0. The Balaban J connectivity index is 1.61. The molecule has 2 N–H and O–H groups in total. The molecule has 0 radical (unpaired) electrons. The van der Waals surface area contributed by atoms with Gasteiger partial charge in [-0.2, -0.15) is 4.52 Å². The molecule has 0 fully saturated rings. The van der Waals surface area contributed by atoms with E-state index in [1.54, 1.807) is 15.9 Å². The molecule has 1 unspecified atom stereocenters. The Morgan fingerprint density at radius 1 is 1.14 bits per heavy atom. The minimum Gasteiger partial charge on any atom is -0.492 e. The van der Waals surface area contributed by atoms with Crippen LogP contribution >= 0.6 is 11.3 Å². The molecule has 0 amide bonds. The third-order valence-corrected chi connectivity index (χ3v) is 6.98. The molecule has 3 heterocycles. The maximum absolute atomic E-state index is 11.1. The lowest BCUT2D eigenvalue weighted by atomic mass is 9.95. The molecular formula is C23H25N4OS+. The van der Waals surface area contributed by atoms with Crippen molar-refractivity contribution in [1.29, 1.82) is 0 Å². The van der Waals surface area contributed by atoms with E-state index in [0.29, 0.717) is 0 Å². The summed E-state index contributed by atoms with van der Waals surface area (Å²) in [6.45, 7) is 6.11. The molecule has 2 atom stereocenters. The van der Waals surface area contributed by atoms with Crippen molar-refractivity contribution in [3.8, 4) is 5.88 Å². The fourth-order valence-corrected chi connectivity index (χ4v) is 5.47. The van der Waals surface area contributed by atoms with Crippen LogP contribution in [0.5, 0.6) is 5.88 Å². The molecule has 0 spiro atoms. The van der Waals surface area contributed by atoms with Gasteiger partial charge in [-0.25, -0.2) is 4.98 Å². The van der Waals surface area contributed by atoms with Gasteiger partial charge in [-0.05, 0) is 12.5 Å². The topological polar surface area (TPSA) is 54.9 Å². The van der Waals surface area contributed by atoms with Crippen LogP contribution in [0.4, 0.5) is 0 Å². The second kappa shape index (κ2) is 7.28. The predicted molar refractivity (Wildman–Crippen MR) is 115 cm³/mol. The Morgan fingerprint density at radius 3 is 2.62 bits per heavy atom. The molecule has 5 rings (SSSR count). The lowest BCUT2D eigenvalue weighted by Gasteiger charge is -2.32. The maximum Gasteiger partial charge on any atom is 0.235 e. The van der Waals surface area contributed by atoms with Crippen molar-refractivity contribution in [3.63, 3.8) is 0 Å². The van der Waals surface area contributed by atoms with Crippen molar-refractivity contribution in [2.45, 2.75) is 39.3 Å². The quantitative estimate of drug-likeness (QED) is 0.549. The first-order chi connectivity index (χ1) is 14.1. The first-order valence-electron chi connectivity index (χ1n) is 10.2. The lowest BCUT2D eigenvalue weighted by molar-refractivity contribution is -0.940. The largest absolute Gasteiger partial charge is 0.492 e. The molecule has 0 saturated carbocycles. The second-order valence-electron chi connectivity index (χ2n) is 7.81. The van der Waals surface area contributed by atoms with Crippen LogP contribution in [-0.2, 0) is 19.4 Å². The predicted octanol–water partition coefficient (Wildman–Crippen LogP) is 3.10. The van der Waals surface area contributed by atoms with Crippen molar-refractivity contribution in [2.75, 3.05) is 6.54 Å². The van der Waals surface area contributed by atoms with Gasteiger partial charge in [0.25, 0.3) is 0 Å². The molecule has 0 saturated heterocycles. The van der Waals surface area contributed by atoms with Crippen LogP contribution in [0.25, 0.3) is 4.96 Å². The molecule has 2 aromatic heterocycles. The molecule has 5 nitrogen and oxygen atoms in total. The normalized spacial score (nSPS) is 17.4. The van der Waals surface area contributed by atoms with Gasteiger partial charge < -0.3 is 10.0 Å². The highest BCUT2D eigenvalue weighted by molar-refractivity contribution is 7.17. The van der Waals surface area contributed by atoms with Gasteiger partial charge in [0.1, 0.15) is 11.4 Å². The summed E-state index contributed by atoms with van der Waals surface area (Å²) in [5.41, 5.74) is 5.31. The van der Waals surface area contributed by atoms with Crippen LogP contribution in [-0.4, -0.2) is 26.2 Å². The van der Waals surface area contributed by atoms with E-state index in [2.05, 4.69) is 65.5 Å². The summed E-state index contributed by atoms with van der Waals surface area (Å²) < 4.78 is 1.61. The van der Waals surface area contributed by atoms with E-state index < -0.39 is 0 Å². The van der Waals surface area contributed by atoms with Gasteiger partial charge in [0.05, 0.1) is 6.54 Å². The van der Waals surface area contributed by atoms with Crippen LogP contribution in [0.15, 0.2) is 48.5 Å². The van der Waals surface area contributed by atoms with Gasteiger partial charge in [-0.3, -0.25) is 0 Å². The fraction of sp³-hybridized carbons (Fsp3) is 0.304. The summed E-state index contributed by atoms with van der Waals surface area (Å²) in [4.78, 5) is 7.74. The Kier molecular flexibility index (Phi) is 4.60. The molecule has 2 aromatic carbocycles. The number of benzene rings is 2. The molecule has 1 aliphatic rings. The Labute approximate surface area is 174 Å². The number of aromatic hydroxyl groups is 1. The Bertz CT molecular complexity index is 1160. The van der Waals surface area contributed by atoms with Gasteiger partial charge >= 0.3 is 0 Å². The Morgan fingerprint density at radius 2 is 1.90 bits per heavy atom. The molecule has 1 aliphatic heterocycles. The van der Waals surface area contributed by atoms with Crippen molar-refractivity contribution in [3.05, 3.63) is 81.5 Å². The lowest BCUT2D eigenvalue weighted by Crippen LogP contribution is -3.12. The number of hydrogen-bond acceptors (Lipinski definition) is 4. The van der Waals surface area contributed by atoms with Gasteiger partial charge in [-0.15, -0.1) is 5.10 Å². The van der Waals surface area contributed by atoms with Crippen molar-refractivity contribution in [1.82, 2.24) is 14.6 Å². The van der Waals surface area contributed by atoms with Gasteiger partial charge in [0, 0.05) is 24.0 Å². The van der Waals surface area contributed by atoms with Gasteiger partial charge in [0.15, 0.2) is 11.9 Å². The smallest absolute Gasteiger partial charge is 0.235 e. The molecule has 6 heteroatoms. The zero-order valence-corrected chi connectivity index (χ0v) is 17.5. The number of aryl methyl sites for hydroxylation is 2. The fourth-order valence-electron chi connectivity index (χ4n) is 4.31. The number of fused-ring (bicyclic) bond motifs is 2. The maximum atomic E-state index is 11.1. The van der Waals surface area contributed by atoms with E-state index in [9.17, 15) is 5.11 Å². The highest BCUT2D eigenvalue weighted by Crippen LogP contribution is 2.35. The van der Waals surface area contributed by atoms with E-state index in [-0.39, 0.29) is 11.9 Å². The SMILES string of the molecule is CCc1nc2sc([C@@H](c3ccc(C)cc3)[NH+]3CCc4ccccc4C3)c(O)n2n1. The molecular weight excluding hydrogens is 380 g/mol. The van der Waals surface area contributed by atoms with E-state index >= 15 is 0 Å². The van der Waals surface area contributed by atoms with Crippen LogP contribution in [0.3, 0.4) is 0 Å². The summed E-state index contributed by atoms with van der Waals surface area (Å²) in [7, 11) is 0.